The molecule has 3 aromatic rings. The summed E-state index contributed by atoms with van der Waals surface area (Å²) in [5, 5.41) is 7.07. The molecular formula is C20H15ClF3N5O. The van der Waals surface area contributed by atoms with Crippen molar-refractivity contribution in [3.8, 4) is 0 Å². The van der Waals surface area contributed by atoms with Crippen LogP contribution in [0.15, 0.2) is 60.0 Å². The van der Waals surface area contributed by atoms with Gasteiger partial charge in [0.15, 0.2) is 0 Å². The number of amides is 1. The molecule has 0 saturated heterocycles. The van der Waals surface area contributed by atoms with E-state index in [4.69, 9.17) is 11.6 Å². The molecule has 0 bridgehead atoms. The second-order valence-corrected chi connectivity index (χ2v) is 6.59. The Labute approximate surface area is 174 Å². The molecule has 0 aliphatic heterocycles. The standard InChI is InChI=1S/C20H15ClF3N5O/c1-12-10-14(21)2-4-16(12)27-18-15(3-5-17(28-18)20(22,23)24)19(30)29-26-11-13-6-8-25-9-7-13/h2-11H,1H3,(H,27,28)(H,29,30)/b26-11+. The van der Waals surface area contributed by atoms with E-state index in [0.717, 1.165) is 12.1 Å². The number of hydrazone groups is 1. The Hall–Kier alpha value is -3.46. The van der Waals surface area contributed by atoms with Crippen LogP contribution in [-0.4, -0.2) is 22.1 Å². The number of hydrogen-bond acceptors (Lipinski definition) is 5. The topological polar surface area (TPSA) is 79.3 Å². The number of carbonyl (C=O) groups excluding carboxylic acids is 1. The monoisotopic (exact) mass is 433 g/mol. The van der Waals surface area contributed by atoms with Crippen molar-refractivity contribution in [3.63, 3.8) is 0 Å². The molecule has 2 aromatic heterocycles. The van der Waals surface area contributed by atoms with Crippen LogP contribution in [0, 0.1) is 6.92 Å². The van der Waals surface area contributed by atoms with Gasteiger partial charge in [0.1, 0.15) is 11.5 Å². The number of nitrogens with zero attached hydrogens (tertiary/aromatic N) is 3. The summed E-state index contributed by atoms with van der Waals surface area (Å²) < 4.78 is 39.4. The average Bonchev–Trinajstić information content (AvgIpc) is 2.70. The Morgan fingerprint density at radius 1 is 1.13 bits per heavy atom. The van der Waals surface area contributed by atoms with Crippen molar-refractivity contribution in [2.45, 2.75) is 13.1 Å². The number of hydrogen-bond donors (Lipinski definition) is 2. The van der Waals surface area contributed by atoms with E-state index in [1.807, 2.05) is 0 Å². The number of rotatable bonds is 5. The molecule has 30 heavy (non-hydrogen) atoms. The third-order valence-corrected chi connectivity index (χ3v) is 4.19. The van der Waals surface area contributed by atoms with E-state index in [1.54, 1.807) is 49.6 Å². The van der Waals surface area contributed by atoms with Crippen LogP contribution >= 0.6 is 11.6 Å². The summed E-state index contributed by atoms with van der Waals surface area (Å²) in [5.74, 6) is -0.984. The maximum absolute atomic E-state index is 13.1. The van der Waals surface area contributed by atoms with E-state index in [-0.39, 0.29) is 11.4 Å². The molecule has 3 rings (SSSR count). The minimum atomic E-state index is -4.67. The number of halogens is 4. The third kappa shape index (κ3) is 5.32. The molecule has 0 fully saturated rings. The van der Waals surface area contributed by atoms with Crippen LogP contribution in [-0.2, 0) is 6.18 Å². The summed E-state index contributed by atoms with van der Waals surface area (Å²) in [6.07, 6.45) is -0.174. The molecule has 2 N–H and O–H groups in total. The summed E-state index contributed by atoms with van der Waals surface area (Å²) in [7, 11) is 0. The molecule has 1 aromatic carbocycles. The zero-order chi connectivity index (χ0) is 21.7. The molecule has 1 amide bonds. The fourth-order valence-electron chi connectivity index (χ4n) is 2.47. The van der Waals surface area contributed by atoms with Gasteiger partial charge in [0.25, 0.3) is 5.91 Å². The lowest BCUT2D eigenvalue weighted by Gasteiger charge is -2.15. The van der Waals surface area contributed by atoms with E-state index in [1.165, 1.54) is 6.21 Å². The van der Waals surface area contributed by atoms with Crippen LogP contribution in [0.25, 0.3) is 0 Å². The first-order chi connectivity index (χ1) is 14.2. The zero-order valence-corrected chi connectivity index (χ0v) is 16.3. The van der Waals surface area contributed by atoms with Crippen LogP contribution in [0.5, 0.6) is 0 Å². The number of alkyl halides is 3. The van der Waals surface area contributed by atoms with Crippen LogP contribution < -0.4 is 10.7 Å². The molecule has 0 aliphatic rings. The van der Waals surface area contributed by atoms with Gasteiger partial charge in [0, 0.05) is 23.1 Å². The summed E-state index contributed by atoms with van der Waals surface area (Å²) in [5.41, 5.74) is 2.86. The van der Waals surface area contributed by atoms with Crippen molar-refractivity contribution < 1.29 is 18.0 Å². The Morgan fingerprint density at radius 2 is 1.87 bits per heavy atom. The van der Waals surface area contributed by atoms with E-state index in [9.17, 15) is 18.0 Å². The van der Waals surface area contributed by atoms with Gasteiger partial charge in [-0.05, 0) is 60.5 Å². The van der Waals surface area contributed by atoms with Crippen molar-refractivity contribution >= 4 is 35.2 Å². The maximum atomic E-state index is 13.1. The van der Waals surface area contributed by atoms with Gasteiger partial charge in [0.2, 0.25) is 0 Å². The smallest absolute Gasteiger partial charge is 0.339 e. The largest absolute Gasteiger partial charge is 0.433 e. The van der Waals surface area contributed by atoms with E-state index in [0.29, 0.717) is 21.8 Å². The molecule has 10 heteroatoms. The van der Waals surface area contributed by atoms with Crippen molar-refractivity contribution in [3.05, 3.63) is 82.3 Å². The average molecular weight is 434 g/mol. The molecule has 0 atom stereocenters. The highest BCUT2D eigenvalue weighted by Gasteiger charge is 2.33. The van der Waals surface area contributed by atoms with E-state index in [2.05, 4.69) is 25.8 Å². The van der Waals surface area contributed by atoms with Crippen LogP contribution in [0.4, 0.5) is 24.7 Å². The number of benzene rings is 1. The molecule has 2 heterocycles. The molecule has 0 unspecified atom stereocenters. The molecule has 0 spiro atoms. The van der Waals surface area contributed by atoms with Gasteiger partial charge in [-0.25, -0.2) is 10.4 Å². The summed E-state index contributed by atoms with van der Waals surface area (Å²) >= 11 is 5.92. The number of anilines is 2. The van der Waals surface area contributed by atoms with Gasteiger partial charge in [-0.15, -0.1) is 0 Å². The fourth-order valence-corrected chi connectivity index (χ4v) is 2.69. The Morgan fingerprint density at radius 3 is 2.53 bits per heavy atom. The molecule has 0 radical (unpaired) electrons. The number of nitrogens with one attached hydrogen (secondary N) is 2. The molecular weight excluding hydrogens is 419 g/mol. The second-order valence-electron chi connectivity index (χ2n) is 6.15. The lowest BCUT2D eigenvalue weighted by Crippen LogP contribution is -2.21. The molecule has 0 aliphatic carbocycles. The first-order valence-corrected chi connectivity index (χ1v) is 8.96. The molecule has 6 nitrogen and oxygen atoms in total. The van der Waals surface area contributed by atoms with Gasteiger partial charge >= 0.3 is 6.18 Å². The SMILES string of the molecule is Cc1cc(Cl)ccc1Nc1nc(C(F)(F)F)ccc1C(=O)N/N=C/c1ccncc1. The number of aromatic nitrogens is 2. The minimum absolute atomic E-state index is 0.107. The van der Waals surface area contributed by atoms with Crippen molar-refractivity contribution in [1.82, 2.24) is 15.4 Å². The van der Waals surface area contributed by atoms with Crippen molar-refractivity contribution in [2.75, 3.05) is 5.32 Å². The van der Waals surface area contributed by atoms with Crippen molar-refractivity contribution in [2.24, 2.45) is 5.10 Å². The van der Waals surface area contributed by atoms with E-state index >= 15 is 0 Å². The fraction of sp³-hybridized carbons (Fsp3) is 0.100. The third-order valence-electron chi connectivity index (χ3n) is 3.96. The highest BCUT2D eigenvalue weighted by Crippen LogP contribution is 2.31. The lowest BCUT2D eigenvalue weighted by molar-refractivity contribution is -0.141. The highest BCUT2D eigenvalue weighted by atomic mass is 35.5. The summed E-state index contributed by atoms with van der Waals surface area (Å²) in [4.78, 5) is 20.0. The summed E-state index contributed by atoms with van der Waals surface area (Å²) in [6, 6.07) is 9.92. The van der Waals surface area contributed by atoms with Crippen LogP contribution in [0.3, 0.4) is 0 Å². The first-order valence-electron chi connectivity index (χ1n) is 8.59. The predicted octanol–water partition coefficient (Wildman–Crippen LogP) is 4.96. The van der Waals surface area contributed by atoms with E-state index < -0.39 is 17.8 Å². The number of pyridine rings is 2. The molecule has 0 saturated carbocycles. The van der Waals surface area contributed by atoms with Gasteiger partial charge in [-0.2, -0.15) is 18.3 Å². The lowest BCUT2D eigenvalue weighted by atomic mass is 10.1. The normalized spacial score (nSPS) is 11.5. The quantitative estimate of drug-likeness (QED) is 0.440. The maximum Gasteiger partial charge on any atom is 0.433 e. The van der Waals surface area contributed by atoms with Crippen LogP contribution in [0.2, 0.25) is 5.02 Å². The minimum Gasteiger partial charge on any atom is -0.339 e. The number of carbonyl (C=O) groups is 1. The number of aryl methyl sites for hydroxylation is 1. The zero-order valence-electron chi connectivity index (χ0n) is 15.5. The molecule has 154 valence electrons. The van der Waals surface area contributed by atoms with Crippen LogP contribution in [0.1, 0.15) is 27.2 Å². The summed E-state index contributed by atoms with van der Waals surface area (Å²) in [6.45, 7) is 1.72. The van der Waals surface area contributed by atoms with Gasteiger partial charge in [-0.1, -0.05) is 11.6 Å². The second kappa shape index (κ2) is 8.91. The highest BCUT2D eigenvalue weighted by molar-refractivity contribution is 6.30. The predicted molar refractivity (Wildman–Crippen MR) is 108 cm³/mol. The van der Waals surface area contributed by atoms with Gasteiger partial charge in [-0.3, -0.25) is 9.78 Å². The van der Waals surface area contributed by atoms with Gasteiger partial charge in [0.05, 0.1) is 11.8 Å². The Bertz CT molecular complexity index is 1090. The first kappa shape index (κ1) is 21.3. The Balaban J connectivity index is 1.90. The van der Waals surface area contributed by atoms with Crippen molar-refractivity contribution in [1.29, 1.82) is 0 Å². The Kier molecular flexibility index (Phi) is 6.31. The van der Waals surface area contributed by atoms with Gasteiger partial charge < -0.3 is 5.32 Å².